The van der Waals surface area contributed by atoms with E-state index < -0.39 is 10.0 Å². The first-order chi connectivity index (χ1) is 13.4. The van der Waals surface area contributed by atoms with E-state index in [4.69, 9.17) is 0 Å². The number of thioether (sulfide) groups is 1. The minimum absolute atomic E-state index is 0.0210. The summed E-state index contributed by atoms with van der Waals surface area (Å²) in [6.07, 6.45) is 6.97. The van der Waals surface area contributed by atoms with Crippen LogP contribution in [-0.4, -0.2) is 26.6 Å². The molecule has 0 aromatic heterocycles. The van der Waals surface area contributed by atoms with Crippen LogP contribution in [0.25, 0.3) is 0 Å². The van der Waals surface area contributed by atoms with E-state index in [9.17, 15) is 13.2 Å². The summed E-state index contributed by atoms with van der Waals surface area (Å²) in [6.45, 7) is 1.80. The Morgan fingerprint density at radius 2 is 1.71 bits per heavy atom. The molecule has 7 heteroatoms. The standard InChI is InChI=1S/C21H26N2O3S2/c1-15-8-13-19(28(25,26)23-17-6-4-3-5-7-17)14-20(15)21(24)22-16-9-11-18(27-2)12-10-16/h8-14,17,23H,3-7H2,1-2H3,(H,22,24). The van der Waals surface area contributed by atoms with E-state index in [-0.39, 0.29) is 16.8 Å². The number of benzene rings is 2. The molecule has 0 bridgehead atoms. The summed E-state index contributed by atoms with van der Waals surface area (Å²) in [6, 6.07) is 12.2. The third kappa shape index (κ3) is 5.16. The van der Waals surface area contributed by atoms with Crippen LogP contribution in [-0.2, 0) is 10.0 Å². The van der Waals surface area contributed by atoms with Crippen LogP contribution >= 0.6 is 11.8 Å². The van der Waals surface area contributed by atoms with Crippen molar-refractivity contribution in [2.24, 2.45) is 0 Å². The average Bonchev–Trinajstić information content (AvgIpc) is 2.69. The highest BCUT2D eigenvalue weighted by atomic mass is 32.2. The summed E-state index contributed by atoms with van der Waals surface area (Å²) in [7, 11) is -3.65. The smallest absolute Gasteiger partial charge is 0.255 e. The predicted molar refractivity (Wildman–Crippen MR) is 115 cm³/mol. The molecule has 0 aliphatic heterocycles. The van der Waals surface area contributed by atoms with Crippen molar-refractivity contribution in [2.75, 3.05) is 11.6 Å². The van der Waals surface area contributed by atoms with Crippen molar-refractivity contribution in [3.8, 4) is 0 Å². The molecule has 1 aliphatic carbocycles. The molecule has 0 saturated heterocycles. The van der Waals surface area contributed by atoms with Crippen molar-refractivity contribution in [2.45, 2.75) is 54.9 Å². The Labute approximate surface area is 171 Å². The molecule has 150 valence electrons. The van der Waals surface area contributed by atoms with Gasteiger partial charge in [-0.1, -0.05) is 25.3 Å². The van der Waals surface area contributed by atoms with Crippen molar-refractivity contribution in [1.29, 1.82) is 0 Å². The number of hydrogen-bond donors (Lipinski definition) is 2. The number of carbonyl (C=O) groups is 1. The fraction of sp³-hybridized carbons (Fsp3) is 0.381. The van der Waals surface area contributed by atoms with Gasteiger partial charge in [-0.15, -0.1) is 11.8 Å². The molecule has 0 radical (unpaired) electrons. The van der Waals surface area contributed by atoms with Crippen LogP contribution in [0.4, 0.5) is 5.69 Å². The van der Waals surface area contributed by atoms with Crippen LogP contribution in [0.1, 0.15) is 48.0 Å². The lowest BCUT2D eigenvalue weighted by Crippen LogP contribution is -2.36. The van der Waals surface area contributed by atoms with E-state index in [0.29, 0.717) is 11.3 Å². The molecular formula is C21H26N2O3S2. The van der Waals surface area contributed by atoms with Crippen LogP contribution in [0, 0.1) is 6.92 Å². The third-order valence-electron chi connectivity index (χ3n) is 5.04. The van der Waals surface area contributed by atoms with E-state index in [1.165, 1.54) is 6.07 Å². The van der Waals surface area contributed by atoms with E-state index in [2.05, 4.69) is 10.0 Å². The van der Waals surface area contributed by atoms with Crippen LogP contribution in [0.3, 0.4) is 0 Å². The van der Waals surface area contributed by atoms with Gasteiger partial charge in [0.05, 0.1) is 4.90 Å². The maximum Gasteiger partial charge on any atom is 0.255 e. The van der Waals surface area contributed by atoms with Gasteiger partial charge in [-0.3, -0.25) is 4.79 Å². The Hall–Kier alpha value is -1.83. The van der Waals surface area contributed by atoms with E-state index >= 15 is 0 Å². The second-order valence-electron chi connectivity index (χ2n) is 7.12. The van der Waals surface area contributed by atoms with Crippen LogP contribution in [0.5, 0.6) is 0 Å². The first kappa shape index (κ1) is 20.9. The summed E-state index contributed by atoms with van der Waals surface area (Å²) < 4.78 is 28.3. The molecule has 0 heterocycles. The largest absolute Gasteiger partial charge is 0.322 e. The molecule has 2 N–H and O–H groups in total. The highest BCUT2D eigenvalue weighted by molar-refractivity contribution is 7.98. The van der Waals surface area contributed by atoms with Gasteiger partial charge in [0, 0.05) is 22.2 Å². The summed E-state index contributed by atoms with van der Waals surface area (Å²) in [5.41, 5.74) is 1.77. The fourth-order valence-corrected chi connectivity index (χ4v) is 5.13. The second kappa shape index (κ2) is 9.11. The summed E-state index contributed by atoms with van der Waals surface area (Å²) >= 11 is 1.63. The Morgan fingerprint density at radius 3 is 2.36 bits per heavy atom. The lowest BCUT2D eigenvalue weighted by molar-refractivity contribution is 0.102. The molecule has 0 unspecified atom stereocenters. The van der Waals surface area contributed by atoms with Crippen molar-refractivity contribution in [3.63, 3.8) is 0 Å². The Balaban J connectivity index is 1.78. The van der Waals surface area contributed by atoms with Gasteiger partial charge in [-0.25, -0.2) is 13.1 Å². The zero-order valence-electron chi connectivity index (χ0n) is 16.2. The van der Waals surface area contributed by atoms with Crippen LogP contribution in [0.15, 0.2) is 52.3 Å². The van der Waals surface area contributed by atoms with E-state index in [0.717, 1.165) is 42.6 Å². The molecule has 28 heavy (non-hydrogen) atoms. The van der Waals surface area contributed by atoms with Crippen molar-refractivity contribution < 1.29 is 13.2 Å². The minimum Gasteiger partial charge on any atom is -0.322 e. The molecule has 5 nitrogen and oxygen atoms in total. The molecule has 1 amide bonds. The molecule has 1 fully saturated rings. The first-order valence-corrected chi connectivity index (χ1v) is 12.2. The monoisotopic (exact) mass is 418 g/mol. The number of sulfonamides is 1. The van der Waals surface area contributed by atoms with Gasteiger partial charge in [0.15, 0.2) is 0 Å². The lowest BCUT2D eigenvalue weighted by Gasteiger charge is -2.22. The molecule has 0 spiro atoms. The summed E-state index contributed by atoms with van der Waals surface area (Å²) in [4.78, 5) is 14.0. The number of rotatable bonds is 6. The molecule has 2 aromatic carbocycles. The highest BCUT2D eigenvalue weighted by Crippen LogP contribution is 2.22. The fourth-order valence-electron chi connectivity index (χ4n) is 3.39. The Kier molecular flexibility index (Phi) is 6.80. The van der Waals surface area contributed by atoms with E-state index in [1.54, 1.807) is 30.8 Å². The number of hydrogen-bond acceptors (Lipinski definition) is 4. The number of carbonyl (C=O) groups excluding carboxylic acids is 1. The van der Waals surface area contributed by atoms with Crippen LogP contribution < -0.4 is 10.0 Å². The summed E-state index contributed by atoms with van der Waals surface area (Å²) in [5.74, 6) is -0.316. The highest BCUT2D eigenvalue weighted by Gasteiger charge is 2.23. The normalized spacial score (nSPS) is 15.4. The SMILES string of the molecule is CSc1ccc(NC(=O)c2cc(S(=O)(=O)NC3CCCCC3)ccc2C)cc1. The van der Waals surface area contributed by atoms with E-state index in [1.807, 2.05) is 30.5 Å². The number of anilines is 1. The van der Waals surface area contributed by atoms with Gasteiger partial charge in [-0.2, -0.15) is 0 Å². The van der Waals surface area contributed by atoms with Crippen molar-refractivity contribution in [1.82, 2.24) is 4.72 Å². The van der Waals surface area contributed by atoms with Crippen LogP contribution in [0.2, 0.25) is 0 Å². The maximum absolute atomic E-state index is 12.8. The van der Waals surface area contributed by atoms with Gasteiger partial charge >= 0.3 is 0 Å². The predicted octanol–water partition coefficient (Wildman–Crippen LogP) is 4.58. The molecule has 1 saturated carbocycles. The number of nitrogens with one attached hydrogen (secondary N) is 2. The second-order valence-corrected chi connectivity index (χ2v) is 9.71. The lowest BCUT2D eigenvalue weighted by atomic mass is 9.96. The van der Waals surface area contributed by atoms with Gasteiger partial charge in [0.25, 0.3) is 5.91 Å². The molecule has 3 rings (SSSR count). The van der Waals surface area contributed by atoms with Crippen molar-refractivity contribution in [3.05, 3.63) is 53.6 Å². The molecule has 1 aliphatic rings. The van der Waals surface area contributed by atoms with Crippen molar-refractivity contribution >= 4 is 33.4 Å². The zero-order chi connectivity index (χ0) is 20.1. The third-order valence-corrected chi connectivity index (χ3v) is 7.30. The Morgan fingerprint density at radius 1 is 1.04 bits per heavy atom. The van der Waals surface area contributed by atoms with Gasteiger partial charge in [-0.05, 0) is 68.0 Å². The molecular weight excluding hydrogens is 392 g/mol. The minimum atomic E-state index is -3.65. The number of amides is 1. The molecule has 0 atom stereocenters. The first-order valence-electron chi connectivity index (χ1n) is 9.47. The quantitative estimate of drug-likeness (QED) is 0.673. The topological polar surface area (TPSA) is 75.3 Å². The molecule has 2 aromatic rings. The Bertz CT molecular complexity index is 935. The van der Waals surface area contributed by atoms with Gasteiger partial charge in [0.2, 0.25) is 10.0 Å². The summed E-state index contributed by atoms with van der Waals surface area (Å²) in [5, 5.41) is 2.85. The van der Waals surface area contributed by atoms with Gasteiger partial charge < -0.3 is 5.32 Å². The van der Waals surface area contributed by atoms with Gasteiger partial charge in [0.1, 0.15) is 0 Å². The average molecular weight is 419 g/mol. The zero-order valence-corrected chi connectivity index (χ0v) is 17.8. The maximum atomic E-state index is 12.8. The number of aryl methyl sites for hydroxylation is 1.